The summed E-state index contributed by atoms with van der Waals surface area (Å²) in [4.78, 5) is 14.8. The molecule has 0 aliphatic rings. The maximum atomic E-state index is 12.8. The van der Waals surface area contributed by atoms with Gasteiger partial charge in [0.15, 0.2) is 0 Å². The number of rotatable bonds is 8. The number of carbonyl (C=O) groups excluding carboxylic acids is 1. The van der Waals surface area contributed by atoms with E-state index in [1.165, 1.54) is 0 Å². The van der Waals surface area contributed by atoms with Crippen LogP contribution in [0.5, 0.6) is 0 Å². The molecule has 2 N–H and O–H groups in total. The van der Waals surface area contributed by atoms with Crippen molar-refractivity contribution in [2.24, 2.45) is 5.92 Å². The van der Waals surface area contributed by atoms with E-state index in [0.717, 1.165) is 36.9 Å². The van der Waals surface area contributed by atoms with E-state index < -0.39 is 0 Å². The average Bonchev–Trinajstić information content (AvgIpc) is 2.43. The van der Waals surface area contributed by atoms with E-state index in [1.807, 2.05) is 29.2 Å². The molecule has 1 rings (SSSR count). The number of benzene rings is 1. The van der Waals surface area contributed by atoms with Crippen LogP contribution >= 0.6 is 0 Å². The van der Waals surface area contributed by atoms with Crippen molar-refractivity contribution in [2.45, 2.75) is 66.0 Å². The lowest BCUT2D eigenvalue weighted by Gasteiger charge is -2.31. The summed E-state index contributed by atoms with van der Waals surface area (Å²) in [5, 5.41) is 0. The van der Waals surface area contributed by atoms with E-state index in [1.54, 1.807) is 0 Å². The smallest absolute Gasteiger partial charge is 0.226 e. The summed E-state index contributed by atoms with van der Waals surface area (Å²) in [6.45, 7) is 9.10. The molecule has 0 aliphatic heterocycles. The van der Waals surface area contributed by atoms with E-state index in [-0.39, 0.29) is 17.9 Å². The number of nitrogen functional groups attached to an aromatic ring is 1. The average molecular weight is 290 g/mol. The zero-order valence-electron chi connectivity index (χ0n) is 13.9. The highest BCUT2D eigenvalue weighted by Crippen LogP contribution is 2.20. The normalized spacial score (nSPS) is 11.1. The molecule has 0 radical (unpaired) electrons. The molecule has 0 aliphatic carbocycles. The number of anilines is 1. The first-order valence-corrected chi connectivity index (χ1v) is 8.14. The summed E-state index contributed by atoms with van der Waals surface area (Å²) in [5.41, 5.74) is 7.69. The van der Waals surface area contributed by atoms with Crippen molar-refractivity contribution in [2.75, 3.05) is 5.73 Å². The van der Waals surface area contributed by atoms with E-state index in [9.17, 15) is 4.79 Å². The summed E-state index contributed by atoms with van der Waals surface area (Å²) in [5.74, 6) is 0.444. The Morgan fingerprint density at radius 2 is 1.81 bits per heavy atom. The SMILES string of the molecule is CCCC(CCC)C(=O)N(Cc1cccc(N)c1)C(C)C. The largest absolute Gasteiger partial charge is 0.399 e. The Balaban J connectivity index is 2.86. The van der Waals surface area contributed by atoms with Crippen molar-refractivity contribution in [3.63, 3.8) is 0 Å². The van der Waals surface area contributed by atoms with Crippen LogP contribution in [0.3, 0.4) is 0 Å². The number of hydrogen-bond acceptors (Lipinski definition) is 2. The van der Waals surface area contributed by atoms with Crippen LogP contribution in [0.2, 0.25) is 0 Å². The molecule has 1 aromatic carbocycles. The van der Waals surface area contributed by atoms with Crippen molar-refractivity contribution in [3.05, 3.63) is 29.8 Å². The van der Waals surface area contributed by atoms with Crippen LogP contribution in [0.25, 0.3) is 0 Å². The van der Waals surface area contributed by atoms with Gasteiger partial charge in [-0.25, -0.2) is 0 Å². The fraction of sp³-hybridized carbons (Fsp3) is 0.611. The first-order chi connectivity index (χ1) is 9.99. The monoisotopic (exact) mass is 290 g/mol. The van der Waals surface area contributed by atoms with Crippen LogP contribution in [0, 0.1) is 5.92 Å². The standard InChI is InChI=1S/C18H30N2O/c1-5-8-16(9-6-2)18(21)20(14(3)4)13-15-10-7-11-17(19)12-15/h7,10-12,14,16H,5-6,8-9,13,19H2,1-4H3. The predicted molar refractivity (Wildman–Crippen MR) is 89.8 cm³/mol. The number of amides is 1. The number of carbonyl (C=O) groups is 1. The van der Waals surface area contributed by atoms with Gasteiger partial charge in [-0.1, -0.05) is 38.8 Å². The molecule has 0 spiro atoms. The minimum atomic E-state index is 0.156. The number of hydrogen-bond donors (Lipinski definition) is 1. The molecule has 0 fully saturated rings. The van der Waals surface area contributed by atoms with Gasteiger partial charge in [-0.3, -0.25) is 4.79 Å². The van der Waals surface area contributed by atoms with Gasteiger partial charge < -0.3 is 10.6 Å². The van der Waals surface area contributed by atoms with Gasteiger partial charge in [-0.2, -0.15) is 0 Å². The third-order valence-corrected chi connectivity index (χ3v) is 3.83. The zero-order valence-corrected chi connectivity index (χ0v) is 13.9. The Morgan fingerprint density at radius 1 is 1.19 bits per heavy atom. The van der Waals surface area contributed by atoms with Gasteiger partial charge in [-0.15, -0.1) is 0 Å². The van der Waals surface area contributed by atoms with Crippen LogP contribution < -0.4 is 5.73 Å². The first kappa shape index (κ1) is 17.5. The van der Waals surface area contributed by atoms with E-state index in [2.05, 4.69) is 27.7 Å². The van der Waals surface area contributed by atoms with Crippen LogP contribution in [0.15, 0.2) is 24.3 Å². The Hall–Kier alpha value is -1.51. The highest BCUT2D eigenvalue weighted by molar-refractivity contribution is 5.79. The molecule has 21 heavy (non-hydrogen) atoms. The molecule has 1 amide bonds. The van der Waals surface area contributed by atoms with Gasteiger partial charge in [0.25, 0.3) is 0 Å². The zero-order chi connectivity index (χ0) is 15.8. The number of nitrogens with zero attached hydrogens (tertiary/aromatic N) is 1. The van der Waals surface area contributed by atoms with Crippen LogP contribution in [0.1, 0.15) is 58.9 Å². The molecular weight excluding hydrogens is 260 g/mol. The van der Waals surface area contributed by atoms with E-state index in [0.29, 0.717) is 6.54 Å². The lowest BCUT2D eigenvalue weighted by Crippen LogP contribution is -2.40. The second kappa shape index (κ2) is 8.71. The summed E-state index contributed by atoms with van der Waals surface area (Å²) >= 11 is 0. The first-order valence-electron chi connectivity index (χ1n) is 8.14. The lowest BCUT2D eigenvalue weighted by atomic mass is 9.96. The van der Waals surface area contributed by atoms with Crippen molar-refractivity contribution >= 4 is 11.6 Å². The molecule has 0 bridgehead atoms. The molecule has 118 valence electrons. The fourth-order valence-electron chi connectivity index (χ4n) is 2.73. The molecule has 0 aromatic heterocycles. The third kappa shape index (κ3) is 5.41. The Bertz CT molecular complexity index is 437. The maximum Gasteiger partial charge on any atom is 0.226 e. The predicted octanol–water partition coefficient (Wildman–Crippen LogP) is 4.22. The molecule has 3 heteroatoms. The summed E-state index contributed by atoms with van der Waals surface area (Å²) in [7, 11) is 0. The fourth-order valence-corrected chi connectivity index (χ4v) is 2.73. The van der Waals surface area contributed by atoms with Gasteiger partial charge in [-0.05, 0) is 44.4 Å². The Morgan fingerprint density at radius 3 is 2.29 bits per heavy atom. The topological polar surface area (TPSA) is 46.3 Å². The third-order valence-electron chi connectivity index (χ3n) is 3.83. The highest BCUT2D eigenvalue weighted by atomic mass is 16.2. The van der Waals surface area contributed by atoms with Gasteiger partial charge >= 0.3 is 0 Å². The molecule has 0 heterocycles. The molecule has 0 saturated heterocycles. The second-order valence-electron chi connectivity index (χ2n) is 6.08. The molecule has 1 aromatic rings. The molecule has 0 atom stereocenters. The van der Waals surface area contributed by atoms with Crippen LogP contribution in [-0.4, -0.2) is 16.8 Å². The minimum absolute atomic E-state index is 0.156. The van der Waals surface area contributed by atoms with Crippen LogP contribution in [0.4, 0.5) is 5.69 Å². The molecule has 3 nitrogen and oxygen atoms in total. The Kier molecular flexibility index (Phi) is 7.27. The minimum Gasteiger partial charge on any atom is -0.399 e. The molecular formula is C18H30N2O. The summed E-state index contributed by atoms with van der Waals surface area (Å²) < 4.78 is 0. The van der Waals surface area contributed by atoms with Crippen molar-refractivity contribution in [1.82, 2.24) is 4.90 Å². The summed E-state index contributed by atoms with van der Waals surface area (Å²) in [6, 6.07) is 8.02. The van der Waals surface area contributed by atoms with Crippen molar-refractivity contribution < 1.29 is 4.79 Å². The van der Waals surface area contributed by atoms with Crippen LogP contribution in [-0.2, 0) is 11.3 Å². The Labute approximate surface area is 129 Å². The van der Waals surface area contributed by atoms with E-state index in [4.69, 9.17) is 5.73 Å². The highest BCUT2D eigenvalue weighted by Gasteiger charge is 2.25. The quantitative estimate of drug-likeness (QED) is 0.729. The second-order valence-corrected chi connectivity index (χ2v) is 6.08. The molecule has 0 unspecified atom stereocenters. The number of nitrogens with two attached hydrogens (primary N) is 1. The van der Waals surface area contributed by atoms with Gasteiger partial charge in [0.2, 0.25) is 5.91 Å². The van der Waals surface area contributed by atoms with Gasteiger partial charge in [0.05, 0.1) is 0 Å². The van der Waals surface area contributed by atoms with Crippen molar-refractivity contribution in [3.8, 4) is 0 Å². The summed E-state index contributed by atoms with van der Waals surface area (Å²) in [6.07, 6.45) is 4.07. The van der Waals surface area contributed by atoms with Gasteiger partial charge in [0, 0.05) is 24.2 Å². The van der Waals surface area contributed by atoms with Gasteiger partial charge in [0.1, 0.15) is 0 Å². The lowest BCUT2D eigenvalue weighted by molar-refractivity contribution is -0.138. The molecule has 0 saturated carbocycles. The van der Waals surface area contributed by atoms with E-state index >= 15 is 0 Å². The van der Waals surface area contributed by atoms with Crippen molar-refractivity contribution in [1.29, 1.82) is 0 Å². The maximum absolute atomic E-state index is 12.8.